The highest BCUT2D eigenvalue weighted by Crippen LogP contribution is 2.25. The normalized spacial score (nSPS) is 26.6. The molecule has 4 nitrogen and oxygen atoms in total. The maximum Gasteiger partial charge on any atom is 0.0642 e. The lowest BCUT2D eigenvalue weighted by molar-refractivity contribution is 0.0669. The lowest BCUT2D eigenvalue weighted by atomic mass is 9.92. The number of benzene rings is 1. The molecule has 1 aliphatic heterocycles. The second kappa shape index (κ2) is 7.14. The molecule has 0 amide bonds. The van der Waals surface area contributed by atoms with Crippen molar-refractivity contribution in [2.75, 3.05) is 43.6 Å². The van der Waals surface area contributed by atoms with E-state index < -0.39 is 0 Å². The van der Waals surface area contributed by atoms with Gasteiger partial charge in [0.2, 0.25) is 0 Å². The van der Waals surface area contributed by atoms with Crippen LogP contribution in [0.15, 0.2) is 24.3 Å². The van der Waals surface area contributed by atoms with Crippen molar-refractivity contribution in [2.24, 2.45) is 0 Å². The fraction of sp³-hybridized carbons (Fsp3) is 0.647. The van der Waals surface area contributed by atoms with E-state index >= 15 is 0 Å². The second-order valence-electron chi connectivity index (χ2n) is 6.01. The highest BCUT2D eigenvalue weighted by atomic mass is 16.5. The number of methoxy groups -OCH3 is 1. The Hall–Kier alpha value is -1.26. The minimum atomic E-state index is 0.420. The number of anilines is 2. The minimum Gasteiger partial charge on any atom is -0.382 e. The van der Waals surface area contributed by atoms with E-state index in [4.69, 9.17) is 9.47 Å². The Labute approximate surface area is 127 Å². The molecular weight excluding hydrogens is 264 g/mol. The smallest absolute Gasteiger partial charge is 0.0642 e. The van der Waals surface area contributed by atoms with Gasteiger partial charge in [0.1, 0.15) is 0 Å². The van der Waals surface area contributed by atoms with Crippen LogP contribution in [0.25, 0.3) is 0 Å². The van der Waals surface area contributed by atoms with Gasteiger partial charge in [-0.25, -0.2) is 0 Å². The molecule has 0 bridgehead atoms. The molecule has 1 N–H and O–H groups in total. The van der Waals surface area contributed by atoms with E-state index in [-0.39, 0.29) is 0 Å². The van der Waals surface area contributed by atoms with Crippen molar-refractivity contribution in [1.82, 2.24) is 0 Å². The van der Waals surface area contributed by atoms with Crippen molar-refractivity contribution in [2.45, 2.75) is 37.8 Å². The lowest BCUT2D eigenvalue weighted by Gasteiger charge is -2.30. The van der Waals surface area contributed by atoms with E-state index in [0.29, 0.717) is 12.1 Å². The van der Waals surface area contributed by atoms with Crippen molar-refractivity contribution < 1.29 is 9.47 Å². The molecule has 116 valence electrons. The number of hydrogen-bond donors (Lipinski definition) is 1. The van der Waals surface area contributed by atoms with Crippen molar-refractivity contribution >= 4 is 11.4 Å². The van der Waals surface area contributed by atoms with Gasteiger partial charge in [0.05, 0.1) is 19.3 Å². The predicted octanol–water partition coefficient (Wildman–Crippen LogP) is 2.89. The van der Waals surface area contributed by atoms with Crippen molar-refractivity contribution in [3.63, 3.8) is 0 Å². The molecule has 0 radical (unpaired) electrons. The minimum absolute atomic E-state index is 0.420. The third-order valence-electron chi connectivity index (χ3n) is 4.57. The molecule has 0 aromatic heterocycles. The fourth-order valence-corrected chi connectivity index (χ4v) is 3.32. The SMILES string of the molecule is COC1CCCC(Nc2ccc(N3CCOCC3)cc2)C1. The standard InChI is InChI=1S/C17H26N2O2/c1-20-17-4-2-3-15(13-17)18-14-5-7-16(8-6-14)19-9-11-21-12-10-19/h5-8,15,17-18H,2-4,9-13H2,1H3. The highest BCUT2D eigenvalue weighted by molar-refractivity contribution is 5.55. The molecule has 2 atom stereocenters. The van der Waals surface area contributed by atoms with Crippen LogP contribution in [0.2, 0.25) is 0 Å². The summed E-state index contributed by atoms with van der Waals surface area (Å²) in [6, 6.07) is 9.36. The highest BCUT2D eigenvalue weighted by Gasteiger charge is 2.21. The zero-order valence-electron chi connectivity index (χ0n) is 12.9. The molecule has 1 aliphatic carbocycles. The molecular formula is C17H26N2O2. The summed E-state index contributed by atoms with van der Waals surface area (Å²) in [6.07, 6.45) is 5.23. The summed E-state index contributed by atoms with van der Waals surface area (Å²) in [5.74, 6) is 0. The number of nitrogens with zero attached hydrogens (tertiary/aromatic N) is 1. The number of nitrogens with one attached hydrogen (secondary N) is 1. The number of ether oxygens (including phenoxy) is 2. The van der Waals surface area contributed by atoms with E-state index in [1.54, 1.807) is 0 Å². The number of hydrogen-bond acceptors (Lipinski definition) is 4. The number of morpholine rings is 1. The van der Waals surface area contributed by atoms with Gasteiger partial charge in [-0.05, 0) is 49.9 Å². The maximum absolute atomic E-state index is 5.50. The molecule has 1 aromatic rings. The Morgan fingerprint density at radius 2 is 1.90 bits per heavy atom. The molecule has 2 aliphatic rings. The van der Waals surface area contributed by atoms with E-state index in [9.17, 15) is 0 Å². The molecule has 4 heteroatoms. The first-order valence-electron chi connectivity index (χ1n) is 8.07. The van der Waals surface area contributed by atoms with Crippen LogP contribution in [0.1, 0.15) is 25.7 Å². The molecule has 2 unspecified atom stereocenters. The Bertz CT molecular complexity index is 429. The van der Waals surface area contributed by atoms with Crippen LogP contribution in [-0.4, -0.2) is 45.6 Å². The second-order valence-corrected chi connectivity index (χ2v) is 6.01. The van der Waals surface area contributed by atoms with Gasteiger partial charge < -0.3 is 19.7 Å². The van der Waals surface area contributed by atoms with Crippen molar-refractivity contribution in [1.29, 1.82) is 0 Å². The van der Waals surface area contributed by atoms with Crippen LogP contribution >= 0.6 is 0 Å². The van der Waals surface area contributed by atoms with Crippen LogP contribution in [-0.2, 0) is 9.47 Å². The van der Waals surface area contributed by atoms with Crippen LogP contribution < -0.4 is 10.2 Å². The summed E-state index contributed by atoms with van der Waals surface area (Å²) >= 11 is 0. The summed E-state index contributed by atoms with van der Waals surface area (Å²) in [5.41, 5.74) is 2.51. The molecule has 0 spiro atoms. The van der Waals surface area contributed by atoms with Crippen LogP contribution in [0, 0.1) is 0 Å². The largest absolute Gasteiger partial charge is 0.382 e. The van der Waals surface area contributed by atoms with Crippen LogP contribution in [0.5, 0.6) is 0 Å². The van der Waals surface area contributed by atoms with Crippen molar-refractivity contribution in [3.05, 3.63) is 24.3 Å². The Morgan fingerprint density at radius 3 is 2.62 bits per heavy atom. The Kier molecular flexibility index (Phi) is 4.99. The van der Waals surface area contributed by atoms with E-state index in [2.05, 4.69) is 34.5 Å². The third kappa shape index (κ3) is 3.89. The molecule has 3 rings (SSSR count). The molecule has 21 heavy (non-hydrogen) atoms. The first kappa shape index (κ1) is 14.7. The fourth-order valence-electron chi connectivity index (χ4n) is 3.32. The predicted molar refractivity (Wildman–Crippen MR) is 86.1 cm³/mol. The summed E-state index contributed by atoms with van der Waals surface area (Å²) < 4.78 is 10.9. The monoisotopic (exact) mass is 290 g/mol. The van der Waals surface area contributed by atoms with Gasteiger partial charge in [-0.2, -0.15) is 0 Å². The van der Waals surface area contributed by atoms with E-state index in [0.717, 1.165) is 32.7 Å². The van der Waals surface area contributed by atoms with Gasteiger partial charge >= 0.3 is 0 Å². The van der Waals surface area contributed by atoms with Gasteiger partial charge in [-0.3, -0.25) is 0 Å². The van der Waals surface area contributed by atoms with Gasteiger partial charge in [-0.15, -0.1) is 0 Å². The molecule has 1 saturated carbocycles. The topological polar surface area (TPSA) is 33.7 Å². The van der Waals surface area contributed by atoms with E-state index in [1.165, 1.54) is 30.6 Å². The average molecular weight is 290 g/mol. The van der Waals surface area contributed by atoms with Gasteiger partial charge in [0.15, 0.2) is 0 Å². The van der Waals surface area contributed by atoms with Crippen LogP contribution in [0.4, 0.5) is 11.4 Å². The molecule has 1 heterocycles. The summed E-state index contributed by atoms with van der Waals surface area (Å²) in [5, 5.41) is 3.65. The van der Waals surface area contributed by atoms with Crippen LogP contribution in [0.3, 0.4) is 0 Å². The first-order chi connectivity index (χ1) is 10.3. The van der Waals surface area contributed by atoms with Gasteiger partial charge in [-0.1, -0.05) is 0 Å². The quantitative estimate of drug-likeness (QED) is 0.924. The Morgan fingerprint density at radius 1 is 1.14 bits per heavy atom. The number of rotatable bonds is 4. The zero-order chi connectivity index (χ0) is 14.5. The summed E-state index contributed by atoms with van der Waals surface area (Å²) in [7, 11) is 1.82. The van der Waals surface area contributed by atoms with Gasteiger partial charge in [0, 0.05) is 37.6 Å². The molecule has 2 fully saturated rings. The third-order valence-corrected chi connectivity index (χ3v) is 4.57. The van der Waals surface area contributed by atoms with Crippen molar-refractivity contribution in [3.8, 4) is 0 Å². The average Bonchev–Trinajstić information content (AvgIpc) is 2.56. The maximum atomic E-state index is 5.50. The summed E-state index contributed by atoms with van der Waals surface area (Å²) in [6.45, 7) is 3.65. The first-order valence-corrected chi connectivity index (χ1v) is 8.07. The van der Waals surface area contributed by atoms with E-state index in [1.807, 2.05) is 7.11 Å². The molecule has 1 saturated heterocycles. The lowest BCUT2D eigenvalue weighted by Crippen LogP contribution is -2.36. The van der Waals surface area contributed by atoms with Gasteiger partial charge in [0.25, 0.3) is 0 Å². The summed E-state index contributed by atoms with van der Waals surface area (Å²) in [4.78, 5) is 2.38. The Balaban J connectivity index is 1.56. The zero-order valence-corrected chi connectivity index (χ0v) is 12.9. The molecule has 1 aromatic carbocycles.